The normalized spacial score (nSPS) is 15.0. The van der Waals surface area contributed by atoms with Gasteiger partial charge >= 0.3 is 6.03 Å². The Hall–Kier alpha value is -2.80. The number of carbonyl (C=O) groups excluding carboxylic acids is 1. The number of hydrogen-bond donors (Lipinski definition) is 0. The van der Waals surface area contributed by atoms with E-state index in [1.165, 1.54) is 17.4 Å². The maximum Gasteiger partial charge on any atom is 0.330 e. The first kappa shape index (κ1) is 18.6. The van der Waals surface area contributed by atoms with E-state index in [4.69, 9.17) is 0 Å². The maximum atomic E-state index is 14.0. The van der Waals surface area contributed by atoms with E-state index >= 15 is 0 Å². The van der Waals surface area contributed by atoms with E-state index in [-0.39, 0.29) is 11.6 Å². The van der Waals surface area contributed by atoms with Gasteiger partial charge < -0.3 is 0 Å². The Kier molecular flexibility index (Phi) is 5.09. The highest BCUT2D eigenvalue weighted by molar-refractivity contribution is 7.14. The highest BCUT2D eigenvalue weighted by Crippen LogP contribution is 2.29. The smallest absolute Gasteiger partial charge is 0.294 e. The number of benzene rings is 2. The molecule has 1 aliphatic heterocycles. The molecule has 2 amide bonds. The summed E-state index contributed by atoms with van der Waals surface area (Å²) in [6.07, 6.45) is 1.78. The van der Waals surface area contributed by atoms with E-state index in [0.29, 0.717) is 23.8 Å². The van der Waals surface area contributed by atoms with Crippen molar-refractivity contribution in [1.82, 2.24) is 4.98 Å². The van der Waals surface area contributed by atoms with Gasteiger partial charge in [-0.2, -0.15) is 0 Å². The summed E-state index contributed by atoms with van der Waals surface area (Å²) >= 11 is 1.46. The number of anilines is 2. The summed E-state index contributed by atoms with van der Waals surface area (Å²) in [4.78, 5) is 21.0. The second kappa shape index (κ2) is 7.67. The molecular formula is C21H19F2N3OS. The van der Waals surface area contributed by atoms with Crippen molar-refractivity contribution in [2.24, 2.45) is 0 Å². The highest BCUT2D eigenvalue weighted by Gasteiger charge is 2.28. The summed E-state index contributed by atoms with van der Waals surface area (Å²) in [5.41, 5.74) is 2.39. The van der Waals surface area contributed by atoms with Crippen molar-refractivity contribution in [2.45, 2.75) is 19.8 Å². The summed E-state index contributed by atoms with van der Waals surface area (Å²) in [7, 11) is 0. The minimum atomic E-state index is -0.488. The second-order valence-electron chi connectivity index (χ2n) is 6.74. The zero-order valence-electron chi connectivity index (χ0n) is 15.4. The monoisotopic (exact) mass is 399 g/mol. The number of halogens is 2. The van der Waals surface area contributed by atoms with Gasteiger partial charge in [0, 0.05) is 29.7 Å². The lowest BCUT2D eigenvalue weighted by Crippen LogP contribution is -2.42. The minimum absolute atomic E-state index is 0.114. The number of urea groups is 1. The van der Waals surface area contributed by atoms with Crippen LogP contribution in [-0.2, 0) is 0 Å². The van der Waals surface area contributed by atoms with Crippen molar-refractivity contribution in [3.63, 3.8) is 0 Å². The van der Waals surface area contributed by atoms with Crippen LogP contribution in [0.2, 0.25) is 0 Å². The van der Waals surface area contributed by atoms with E-state index in [1.807, 2.05) is 12.3 Å². The Bertz CT molecular complexity index is 1000. The number of hydrogen-bond acceptors (Lipinski definition) is 3. The molecule has 1 aromatic heterocycles. The van der Waals surface area contributed by atoms with Crippen molar-refractivity contribution >= 4 is 28.2 Å². The van der Waals surface area contributed by atoms with Crippen LogP contribution in [-0.4, -0.2) is 24.1 Å². The van der Waals surface area contributed by atoms with Crippen LogP contribution >= 0.6 is 11.3 Å². The average molecular weight is 399 g/mol. The molecule has 0 spiro atoms. The number of amides is 2. The van der Waals surface area contributed by atoms with Gasteiger partial charge in [0.25, 0.3) is 0 Å². The van der Waals surface area contributed by atoms with Crippen molar-refractivity contribution in [1.29, 1.82) is 0 Å². The number of aromatic nitrogens is 1. The molecule has 1 saturated heterocycles. The van der Waals surface area contributed by atoms with Crippen LogP contribution in [0.4, 0.5) is 24.4 Å². The van der Waals surface area contributed by atoms with Gasteiger partial charge in [-0.15, -0.1) is 11.3 Å². The molecule has 0 atom stereocenters. The predicted molar refractivity (Wildman–Crippen MR) is 108 cm³/mol. The number of nitrogens with zero attached hydrogens (tertiary/aromatic N) is 3. The van der Waals surface area contributed by atoms with Crippen LogP contribution in [0.15, 0.2) is 47.8 Å². The lowest BCUT2D eigenvalue weighted by molar-refractivity contribution is 0.252. The van der Waals surface area contributed by atoms with Gasteiger partial charge in [-0.3, -0.25) is 9.80 Å². The number of thiazole rings is 1. The van der Waals surface area contributed by atoms with Gasteiger partial charge in [0.15, 0.2) is 5.13 Å². The molecule has 0 aliphatic carbocycles. The molecular weight excluding hydrogens is 380 g/mol. The first-order valence-electron chi connectivity index (χ1n) is 9.09. The fourth-order valence-electron chi connectivity index (χ4n) is 3.30. The summed E-state index contributed by atoms with van der Waals surface area (Å²) < 4.78 is 27.5. The molecule has 1 fully saturated rings. The fourth-order valence-corrected chi connectivity index (χ4v) is 4.12. The molecule has 4 rings (SSSR count). The number of rotatable bonds is 3. The third-order valence-corrected chi connectivity index (χ3v) is 5.71. The topological polar surface area (TPSA) is 36.4 Å². The summed E-state index contributed by atoms with van der Waals surface area (Å²) in [6.45, 7) is 3.15. The van der Waals surface area contributed by atoms with E-state index < -0.39 is 11.6 Å². The predicted octanol–water partition coefficient (Wildman–Crippen LogP) is 5.62. The lowest BCUT2D eigenvalue weighted by Gasteiger charge is -2.26. The Balaban J connectivity index is 1.62. The lowest BCUT2D eigenvalue weighted by atomic mass is 10.0. The molecule has 0 radical (unpaired) electrons. The molecule has 3 aromatic rings. The quantitative estimate of drug-likeness (QED) is 0.573. The molecule has 2 aromatic carbocycles. The van der Waals surface area contributed by atoms with Gasteiger partial charge in [-0.05, 0) is 55.7 Å². The molecule has 144 valence electrons. The standard InChI is InChI=1S/C21H19F2N3OS/c1-14-13-28-20(24-14)26-11-3-2-10-25(21(26)27)17-7-4-15(5-8-17)18-12-16(22)6-9-19(18)23/h4-9,12-13H,2-3,10-11H2,1H3. The molecule has 2 heterocycles. The second-order valence-corrected chi connectivity index (χ2v) is 7.57. The van der Waals surface area contributed by atoms with Gasteiger partial charge in [0.05, 0.1) is 5.69 Å². The van der Waals surface area contributed by atoms with Gasteiger partial charge in [-0.25, -0.2) is 18.6 Å². The van der Waals surface area contributed by atoms with Crippen LogP contribution in [0.1, 0.15) is 18.5 Å². The van der Waals surface area contributed by atoms with E-state index in [1.54, 1.807) is 34.1 Å². The average Bonchev–Trinajstić information content (AvgIpc) is 3.03. The molecule has 0 unspecified atom stereocenters. The Morgan fingerprint density at radius 3 is 2.39 bits per heavy atom. The molecule has 0 bridgehead atoms. The molecule has 7 heteroatoms. The first-order valence-corrected chi connectivity index (χ1v) is 9.97. The zero-order chi connectivity index (χ0) is 19.7. The first-order chi connectivity index (χ1) is 13.5. The van der Waals surface area contributed by atoms with Crippen LogP contribution in [0.3, 0.4) is 0 Å². The van der Waals surface area contributed by atoms with Crippen LogP contribution in [0, 0.1) is 18.6 Å². The maximum absolute atomic E-state index is 14.0. The number of aryl methyl sites for hydroxylation is 1. The van der Waals surface area contributed by atoms with E-state index in [2.05, 4.69) is 4.98 Å². The van der Waals surface area contributed by atoms with Gasteiger partial charge in [-0.1, -0.05) is 12.1 Å². The van der Waals surface area contributed by atoms with E-state index in [0.717, 1.165) is 36.4 Å². The molecule has 1 aliphatic rings. The fraction of sp³-hybridized carbons (Fsp3) is 0.238. The summed E-state index contributed by atoms with van der Waals surface area (Å²) in [5, 5.41) is 2.63. The van der Waals surface area contributed by atoms with Crippen LogP contribution in [0.25, 0.3) is 11.1 Å². The summed E-state index contributed by atoms with van der Waals surface area (Å²) in [5.74, 6) is -0.970. The van der Waals surface area contributed by atoms with Gasteiger partial charge in [0.1, 0.15) is 11.6 Å². The van der Waals surface area contributed by atoms with E-state index in [9.17, 15) is 13.6 Å². The molecule has 0 saturated carbocycles. The van der Waals surface area contributed by atoms with Crippen LogP contribution < -0.4 is 9.80 Å². The Morgan fingerprint density at radius 2 is 1.71 bits per heavy atom. The van der Waals surface area contributed by atoms with Crippen LogP contribution in [0.5, 0.6) is 0 Å². The SMILES string of the molecule is Cc1csc(N2CCCCN(c3ccc(-c4cc(F)ccc4F)cc3)C2=O)n1. The largest absolute Gasteiger partial charge is 0.330 e. The minimum Gasteiger partial charge on any atom is -0.294 e. The molecule has 28 heavy (non-hydrogen) atoms. The summed E-state index contributed by atoms with van der Waals surface area (Å²) in [6, 6.07) is 10.2. The Morgan fingerprint density at radius 1 is 1.00 bits per heavy atom. The van der Waals surface area contributed by atoms with Crippen molar-refractivity contribution in [3.05, 3.63) is 65.2 Å². The third kappa shape index (κ3) is 3.62. The third-order valence-electron chi connectivity index (χ3n) is 4.73. The highest BCUT2D eigenvalue weighted by atomic mass is 32.1. The van der Waals surface area contributed by atoms with Crippen molar-refractivity contribution in [3.8, 4) is 11.1 Å². The zero-order valence-corrected chi connectivity index (χ0v) is 16.2. The molecule has 4 nitrogen and oxygen atoms in total. The van der Waals surface area contributed by atoms with Crippen molar-refractivity contribution in [2.75, 3.05) is 22.9 Å². The number of carbonyl (C=O) groups is 1. The molecule has 0 N–H and O–H groups in total. The van der Waals surface area contributed by atoms with Gasteiger partial charge in [0.2, 0.25) is 0 Å². The van der Waals surface area contributed by atoms with Crippen molar-refractivity contribution < 1.29 is 13.6 Å². The Labute approximate surface area is 166 Å².